The summed E-state index contributed by atoms with van der Waals surface area (Å²) in [5.74, 6) is -0.243. The lowest BCUT2D eigenvalue weighted by atomic mass is 10.2. The number of carbonyl (C=O) groups is 2. The van der Waals surface area contributed by atoms with Gasteiger partial charge in [-0.25, -0.2) is 13.2 Å². The Balaban J connectivity index is 1.70. The number of methoxy groups -OCH3 is 1. The Morgan fingerprint density at radius 2 is 1.75 bits per heavy atom. The van der Waals surface area contributed by atoms with Crippen LogP contribution < -0.4 is 20.7 Å². The van der Waals surface area contributed by atoms with Gasteiger partial charge in [-0.2, -0.15) is 4.31 Å². The molecule has 3 amide bonds. The third-order valence-corrected chi connectivity index (χ3v) is 6.70. The number of carbonyl (C=O) groups excluding carboxylic acids is 2. The molecular formula is C21H26N4O6S. The minimum absolute atomic E-state index is 0.0259. The molecule has 11 heteroatoms. The van der Waals surface area contributed by atoms with Crippen molar-refractivity contribution in [2.24, 2.45) is 0 Å². The molecule has 10 nitrogen and oxygen atoms in total. The predicted molar refractivity (Wildman–Crippen MR) is 119 cm³/mol. The smallest absolute Gasteiger partial charge is 0.319 e. The maximum atomic E-state index is 12.9. The van der Waals surface area contributed by atoms with Crippen molar-refractivity contribution in [1.29, 1.82) is 0 Å². The van der Waals surface area contributed by atoms with Crippen LogP contribution in [0.25, 0.3) is 0 Å². The lowest BCUT2D eigenvalue weighted by molar-refractivity contribution is -0.117. The summed E-state index contributed by atoms with van der Waals surface area (Å²) in [5.41, 5.74) is 0.768. The largest absolute Gasteiger partial charge is 0.495 e. The number of para-hydroxylation sites is 1. The van der Waals surface area contributed by atoms with Gasteiger partial charge < -0.3 is 25.4 Å². The number of anilines is 2. The Labute approximate surface area is 186 Å². The highest BCUT2D eigenvalue weighted by molar-refractivity contribution is 7.89. The Bertz CT molecular complexity index is 1060. The Morgan fingerprint density at radius 3 is 2.41 bits per heavy atom. The van der Waals surface area contributed by atoms with E-state index in [1.54, 1.807) is 24.3 Å². The molecule has 1 atom stereocenters. The molecule has 0 saturated carbocycles. The summed E-state index contributed by atoms with van der Waals surface area (Å²) in [4.78, 5) is 24.8. The van der Waals surface area contributed by atoms with Crippen molar-refractivity contribution >= 4 is 33.3 Å². The van der Waals surface area contributed by atoms with Crippen molar-refractivity contribution in [1.82, 2.24) is 9.62 Å². The van der Waals surface area contributed by atoms with Crippen molar-refractivity contribution < 1.29 is 27.5 Å². The highest BCUT2D eigenvalue weighted by Gasteiger charge is 2.27. The third-order valence-electron chi connectivity index (χ3n) is 4.81. The second-order valence-electron chi connectivity index (χ2n) is 7.05. The van der Waals surface area contributed by atoms with Crippen LogP contribution in [-0.2, 0) is 19.6 Å². The van der Waals surface area contributed by atoms with E-state index in [1.807, 2.05) is 6.07 Å². The number of hydrogen-bond donors (Lipinski definition) is 3. The molecule has 0 spiro atoms. The van der Waals surface area contributed by atoms with Gasteiger partial charge in [-0.3, -0.25) is 4.79 Å². The van der Waals surface area contributed by atoms with E-state index in [0.29, 0.717) is 24.7 Å². The zero-order valence-corrected chi connectivity index (χ0v) is 18.6. The van der Waals surface area contributed by atoms with E-state index in [0.717, 1.165) is 0 Å². The van der Waals surface area contributed by atoms with Crippen molar-refractivity contribution in [3.05, 3.63) is 48.5 Å². The van der Waals surface area contributed by atoms with Gasteiger partial charge in [-0.05, 0) is 37.3 Å². The fourth-order valence-electron chi connectivity index (χ4n) is 3.07. The number of nitrogens with zero attached hydrogens (tertiary/aromatic N) is 1. The molecule has 32 heavy (non-hydrogen) atoms. The first-order valence-electron chi connectivity index (χ1n) is 10.0. The summed E-state index contributed by atoms with van der Waals surface area (Å²) >= 11 is 0. The molecule has 1 saturated heterocycles. The SMILES string of the molecule is COc1ccc(S(=O)(=O)N2CCOCC2)cc1NC(=O)[C@H](C)NC(=O)Nc1ccccc1. The highest BCUT2D eigenvalue weighted by Crippen LogP contribution is 2.29. The normalized spacial score (nSPS) is 15.4. The van der Waals surface area contributed by atoms with Gasteiger partial charge in [0.25, 0.3) is 0 Å². The number of amides is 3. The van der Waals surface area contributed by atoms with Gasteiger partial charge in [0.15, 0.2) is 0 Å². The summed E-state index contributed by atoms with van der Waals surface area (Å²) in [6, 6.07) is 11.6. The fraction of sp³-hybridized carbons (Fsp3) is 0.333. The summed E-state index contributed by atoms with van der Waals surface area (Å²) in [5, 5.41) is 7.80. The second kappa shape index (κ2) is 10.4. The van der Waals surface area contributed by atoms with Gasteiger partial charge in [0.2, 0.25) is 15.9 Å². The van der Waals surface area contributed by atoms with E-state index in [1.165, 1.54) is 36.5 Å². The Morgan fingerprint density at radius 1 is 1.06 bits per heavy atom. The van der Waals surface area contributed by atoms with E-state index in [9.17, 15) is 18.0 Å². The third kappa shape index (κ3) is 5.75. The van der Waals surface area contributed by atoms with Crippen molar-refractivity contribution in [3.8, 4) is 5.75 Å². The van der Waals surface area contributed by atoms with Crippen molar-refractivity contribution in [2.45, 2.75) is 17.9 Å². The number of rotatable bonds is 7. The van der Waals surface area contributed by atoms with E-state index < -0.39 is 28.0 Å². The number of ether oxygens (including phenoxy) is 2. The van der Waals surface area contributed by atoms with E-state index in [2.05, 4.69) is 16.0 Å². The van der Waals surface area contributed by atoms with Crippen LogP contribution in [0.4, 0.5) is 16.2 Å². The van der Waals surface area contributed by atoms with E-state index in [4.69, 9.17) is 9.47 Å². The monoisotopic (exact) mass is 462 g/mol. The highest BCUT2D eigenvalue weighted by atomic mass is 32.2. The summed E-state index contributed by atoms with van der Waals surface area (Å²) in [6.45, 7) is 2.68. The summed E-state index contributed by atoms with van der Waals surface area (Å²) < 4.78 is 37.7. The average Bonchev–Trinajstić information content (AvgIpc) is 2.80. The van der Waals surface area contributed by atoms with Gasteiger partial charge in [0.1, 0.15) is 11.8 Å². The molecule has 1 aliphatic rings. The van der Waals surface area contributed by atoms with Crippen LogP contribution >= 0.6 is 0 Å². The van der Waals surface area contributed by atoms with Crippen molar-refractivity contribution in [2.75, 3.05) is 44.0 Å². The van der Waals surface area contributed by atoms with E-state index >= 15 is 0 Å². The van der Waals surface area contributed by atoms with Gasteiger partial charge in [0, 0.05) is 18.8 Å². The molecule has 3 rings (SSSR count). The average molecular weight is 463 g/mol. The molecule has 0 radical (unpaired) electrons. The van der Waals surface area contributed by atoms with Crippen LogP contribution in [0.2, 0.25) is 0 Å². The maximum absolute atomic E-state index is 12.9. The lowest BCUT2D eigenvalue weighted by Gasteiger charge is -2.26. The fourth-order valence-corrected chi connectivity index (χ4v) is 4.51. The lowest BCUT2D eigenvalue weighted by Crippen LogP contribution is -2.43. The zero-order valence-electron chi connectivity index (χ0n) is 17.8. The molecular weight excluding hydrogens is 436 g/mol. The molecule has 1 heterocycles. The van der Waals surface area contributed by atoms with Crippen LogP contribution in [0.5, 0.6) is 5.75 Å². The summed E-state index contributed by atoms with van der Waals surface area (Å²) in [6.07, 6.45) is 0. The predicted octanol–water partition coefficient (Wildman–Crippen LogP) is 1.86. The van der Waals surface area contributed by atoms with E-state index in [-0.39, 0.29) is 23.7 Å². The second-order valence-corrected chi connectivity index (χ2v) is 8.99. The summed E-state index contributed by atoms with van der Waals surface area (Å²) in [7, 11) is -2.34. The molecule has 1 fully saturated rings. The van der Waals surface area contributed by atoms with Crippen molar-refractivity contribution in [3.63, 3.8) is 0 Å². The topological polar surface area (TPSA) is 126 Å². The molecule has 0 bridgehead atoms. The standard InChI is InChI=1S/C21H26N4O6S/c1-15(22-21(27)23-16-6-4-3-5-7-16)20(26)24-18-14-17(8-9-19(18)30-2)32(28,29)25-10-12-31-13-11-25/h3-9,14-15H,10-13H2,1-2H3,(H,24,26)(H2,22,23,27)/t15-/m0/s1. The number of morpholine rings is 1. The molecule has 2 aromatic carbocycles. The Hall–Kier alpha value is -3.15. The van der Waals surface area contributed by atoms with Crippen LogP contribution in [0.15, 0.2) is 53.4 Å². The molecule has 172 valence electrons. The molecule has 3 N–H and O–H groups in total. The Kier molecular flexibility index (Phi) is 7.67. The molecule has 2 aromatic rings. The van der Waals surface area contributed by atoms with Crippen LogP contribution in [0.3, 0.4) is 0 Å². The number of sulfonamides is 1. The quantitative estimate of drug-likeness (QED) is 0.577. The molecule has 0 unspecified atom stereocenters. The molecule has 1 aliphatic heterocycles. The first kappa shape index (κ1) is 23.5. The van der Waals surface area contributed by atoms with Crippen LogP contribution in [0, 0.1) is 0 Å². The first-order valence-corrected chi connectivity index (χ1v) is 11.4. The number of nitrogens with one attached hydrogen (secondary N) is 3. The van der Waals surface area contributed by atoms with Crippen LogP contribution in [0.1, 0.15) is 6.92 Å². The van der Waals surface area contributed by atoms with Crippen LogP contribution in [-0.4, -0.2) is 64.1 Å². The van der Waals surface area contributed by atoms with Gasteiger partial charge >= 0.3 is 6.03 Å². The van der Waals surface area contributed by atoms with Gasteiger partial charge in [-0.15, -0.1) is 0 Å². The molecule has 0 aliphatic carbocycles. The minimum atomic E-state index is -3.75. The zero-order chi connectivity index (χ0) is 23.1. The molecule has 0 aromatic heterocycles. The number of urea groups is 1. The first-order chi connectivity index (χ1) is 15.3. The number of hydrogen-bond acceptors (Lipinski definition) is 6. The minimum Gasteiger partial charge on any atom is -0.495 e. The maximum Gasteiger partial charge on any atom is 0.319 e. The van der Waals surface area contributed by atoms with Gasteiger partial charge in [-0.1, -0.05) is 18.2 Å². The van der Waals surface area contributed by atoms with Gasteiger partial charge in [0.05, 0.1) is 30.9 Å². The number of benzene rings is 2.